The summed E-state index contributed by atoms with van der Waals surface area (Å²) in [7, 11) is 0. The standard InChI is InChI=1S/C15H23N3O/c1-11(2)10-18-14-6-5-12(9-16)8-13(14)17-15(18)4-3-7-19/h5-6,8,11,19H,3-4,7,9-10,16H2,1-2H3. The number of aromatic nitrogens is 2. The molecule has 0 amide bonds. The molecule has 3 N–H and O–H groups in total. The molecule has 0 aliphatic carbocycles. The minimum atomic E-state index is 0.207. The van der Waals surface area contributed by atoms with E-state index in [0.717, 1.165) is 36.3 Å². The Balaban J connectivity index is 2.45. The van der Waals surface area contributed by atoms with Crippen LogP contribution in [0.4, 0.5) is 0 Å². The van der Waals surface area contributed by atoms with Crippen molar-refractivity contribution in [3.63, 3.8) is 0 Å². The lowest BCUT2D eigenvalue weighted by Gasteiger charge is -2.11. The van der Waals surface area contributed by atoms with E-state index in [1.54, 1.807) is 0 Å². The molecule has 0 atom stereocenters. The van der Waals surface area contributed by atoms with Gasteiger partial charge in [0.15, 0.2) is 0 Å². The third kappa shape index (κ3) is 3.14. The molecule has 0 aliphatic heterocycles. The van der Waals surface area contributed by atoms with E-state index in [0.29, 0.717) is 12.5 Å². The van der Waals surface area contributed by atoms with Gasteiger partial charge in [0.25, 0.3) is 0 Å². The average Bonchev–Trinajstić information content (AvgIpc) is 2.73. The van der Waals surface area contributed by atoms with Crippen molar-refractivity contribution < 1.29 is 5.11 Å². The Hall–Kier alpha value is -1.39. The van der Waals surface area contributed by atoms with Crippen molar-refractivity contribution >= 4 is 11.0 Å². The summed E-state index contributed by atoms with van der Waals surface area (Å²) in [6.07, 6.45) is 1.57. The fourth-order valence-corrected chi connectivity index (χ4v) is 2.35. The Morgan fingerprint density at radius 1 is 1.37 bits per heavy atom. The van der Waals surface area contributed by atoms with Crippen LogP contribution in [0.3, 0.4) is 0 Å². The average molecular weight is 261 g/mol. The number of aryl methyl sites for hydroxylation is 1. The molecule has 1 aromatic heterocycles. The van der Waals surface area contributed by atoms with Crippen LogP contribution >= 0.6 is 0 Å². The van der Waals surface area contributed by atoms with Crippen LogP contribution in [0, 0.1) is 5.92 Å². The largest absolute Gasteiger partial charge is 0.396 e. The van der Waals surface area contributed by atoms with Gasteiger partial charge in [-0.05, 0) is 30.0 Å². The summed E-state index contributed by atoms with van der Waals surface area (Å²) in [5, 5.41) is 9.00. The van der Waals surface area contributed by atoms with Gasteiger partial charge in [-0.3, -0.25) is 0 Å². The van der Waals surface area contributed by atoms with Crippen LogP contribution in [-0.4, -0.2) is 21.3 Å². The summed E-state index contributed by atoms with van der Waals surface area (Å²) in [6, 6.07) is 6.24. The molecule has 2 rings (SSSR count). The Morgan fingerprint density at radius 2 is 2.16 bits per heavy atom. The number of benzene rings is 1. The lowest BCUT2D eigenvalue weighted by Crippen LogP contribution is -2.09. The quantitative estimate of drug-likeness (QED) is 0.836. The van der Waals surface area contributed by atoms with Gasteiger partial charge in [-0.25, -0.2) is 4.98 Å². The highest BCUT2D eigenvalue weighted by Gasteiger charge is 2.11. The van der Waals surface area contributed by atoms with Gasteiger partial charge in [-0.15, -0.1) is 0 Å². The lowest BCUT2D eigenvalue weighted by molar-refractivity contribution is 0.286. The summed E-state index contributed by atoms with van der Waals surface area (Å²) >= 11 is 0. The van der Waals surface area contributed by atoms with Crippen molar-refractivity contribution in [2.45, 2.75) is 39.8 Å². The van der Waals surface area contributed by atoms with Crippen molar-refractivity contribution in [2.75, 3.05) is 6.61 Å². The first-order valence-electron chi connectivity index (χ1n) is 6.94. The van der Waals surface area contributed by atoms with E-state index in [2.05, 4.69) is 36.6 Å². The molecule has 4 heteroatoms. The smallest absolute Gasteiger partial charge is 0.109 e. The second kappa shape index (κ2) is 6.17. The molecule has 1 aromatic carbocycles. The maximum absolute atomic E-state index is 9.00. The molecule has 0 unspecified atom stereocenters. The van der Waals surface area contributed by atoms with Crippen LogP contribution in [0.2, 0.25) is 0 Å². The number of hydrogen-bond acceptors (Lipinski definition) is 3. The van der Waals surface area contributed by atoms with E-state index in [4.69, 9.17) is 15.8 Å². The fraction of sp³-hybridized carbons (Fsp3) is 0.533. The predicted octanol–water partition coefficient (Wildman–Crippen LogP) is 2.08. The zero-order chi connectivity index (χ0) is 13.8. The molecular formula is C15H23N3O. The SMILES string of the molecule is CC(C)Cn1c(CCCO)nc2cc(CN)ccc21. The normalized spacial score (nSPS) is 11.6. The molecule has 4 nitrogen and oxygen atoms in total. The Bertz CT molecular complexity index is 546. The number of fused-ring (bicyclic) bond motifs is 1. The second-order valence-electron chi connectivity index (χ2n) is 5.39. The molecular weight excluding hydrogens is 238 g/mol. The molecule has 0 spiro atoms. The molecule has 0 saturated heterocycles. The topological polar surface area (TPSA) is 64.1 Å². The number of nitrogens with zero attached hydrogens (tertiary/aromatic N) is 2. The number of hydrogen-bond donors (Lipinski definition) is 2. The summed E-state index contributed by atoms with van der Waals surface area (Å²) in [5.41, 5.74) is 8.96. The minimum Gasteiger partial charge on any atom is -0.396 e. The van der Waals surface area contributed by atoms with Crippen LogP contribution in [0.25, 0.3) is 11.0 Å². The Kier molecular flexibility index (Phi) is 4.56. The minimum absolute atomic E-state index is 0.207. The van der Waals surface area contributed by atoms with Crippen molar-refractivity contribution in [2.24, 2.45) is 11.7 Å². The van der Waals surface area contributed by atoms with Gasteiger partial charge >= 0.3 is 0 Å². The van der Waals surface area contributed by atoms with Gasteiger partial charge in [-0.1, -0.05) is 19.9 Å². The van der Waals surface area contributed by atoms with Gasteiger partial charge in [0.2, 0.25) is 0 Å². The van der Waals surface area contributed by atoms with Crippen LogP contribution in [0.1, 0.15) is 31.7 Å². The third-order valence-corrected chi connectivity index (χ3v) is 3.23. The summed E-state index contributed by atoms with van der Waals surface area (Å²) < 4.78 is 2.27. The molecule has 0 bridgehead atoms. The Labute approximate surface area is 114 Å². The fourth-order valence-electron chi connectivity index (χ4n) is 2.35. The van der Waals surface area contributed by atoms with Gasteiger partial charge in [0, 0.05) is 26.1 Å². The van der Waals surface area contributed by atoms with Crippen LogP contribution in [0.15, 0.2) is 18.2 Å². The molecule has 0 saturated carbocycles. The zero-order valence-electron chi connectivity index (χ0n) is 11.8. The van der Waals surface area contributed by atoms with E-state index in [1.807, 2.05) is 0 Å². The number of aliphatic hydroxyl groups excluding tert-OH is 1. The van der Waals surface area contributed by atoms with E-state index < -0.39 is 0 Å². The van der Waals surface area contributed by atoms with Gasteiger partial charge in [0.05, 0.1) is 11.0 Å². The van der Waals surface area contributed by atoms with Gasteiger partial charge in [0.1, 0.15) is 5.82 Å². The number of nitrogens with two attached hydrogens (primary N) is 1. The van der Waals surface area contributed by atoms with Crippen LogP contribution < -0.4 is 5.73 Å². The molecule has 0 aliphatic rings. The van der Waals surface area contributed by atoms with Crippen LogP contribution in [-0.2, 0) is 19.5 Å². The van der Waals surface area contributed by atoms with E-state index in [1.165, 1.54) is 5.52 Å². The highest BCUT2D eigenvalue weighted by Crippen LogP contribution is 2.20. The second-order valence-corrected chi connectivity index (χ2v) is 5.39. The molecule has 0 fully saturated rings. The number of aliphatic hydroxyl groups is 1. The highest BCUT2D eigenvalue weighted by atomic mass is 16.2. The first kappa shape index (κ1) is 14.0. The van der Waals surface area contributed by atoms with Crippen molar-refractivity contribution in [3.05, 3.63) is 29.6 Å². The summed E-state index contributed by atoms with van der Waals surface area (Å²) in [4.78, 5) is 4.71. The highest BCUT2D eigenvalue weighted by molar-refractivity contribution is 5.77. The molecule has 2 aromatic rings. The predicted molar refractivity (Wildman–Crippen MR) is 77.9 cm³/mol. The summed E-state index contributed by atoms with van der Waals surface area (Å²) in [5.74, 6) is 1.63. The van der Waals surface area contributed by atoms with E-state index in [9.17, 15) is 0 Å². The van der Waals surface area contributed by atoms with Crippen LogP contribution in [0.5, 0.6) is 0 Å². The molecule has 19 heavy (non-hydrogen) atoms. The van der Waals surface area contributed by atoms with Crippen molar-refractivity contribution in [3.8, 4) is 0 Å². The molecule has 1 heterocycles. The first-order valence-corrected chi connectivity index (χ1v) is 6.94. The molecule has 0 radical (unpaired) electrons. The van der Waals surface area contributed by atoms with Gasteiger partial charge in [-0.2, -0.15) is 0 Å². The number of rotatable bonds is 6. The Morgan fingerprint density at radius 3 is 2.79 bits per heavy atom. The van der Waals surface area contributed by atoms with Crippen molar-refractivity contribution in [1.82, 2.24) is 9.55 Å². The zero-order valence-corrected chi connectivity index (χ0v) is 11.8. The van der Waals surface area contributed by atoms with E-state index >= 15 is 0 Å². The number of imidazole rings is 1. The molecule has 104 valence electrons. The van der Waals surface area contributed by atoms with Crippen molar-refractivity contribution in [1.29, 1.82) is 0 Å². The lowest BCUT2D eigenvalue weighted by atomic mass is 10.2. The van der Waals surface area contributed by atoms with E-state index in [-0.39, 0.29) is 6.61 Å². The maximum atomic E-state index is 9.00. The maximum Gasteiger partial charge on any atom is 0.109 e. The third-order valence-electron chi connectivity index (χ3n) is 3.23. The van der Waals surface area contributed by atoms with Gasteiger partial charge < -0.3 is 15.4 Å². The summed E-state index contributed by atoms with van der Waals surface area (Å²) in [6.45, 7) is 6.11. The first-order chi connectivity index (χ1) is 9.15. The monoisotopic (exact) mass is 261 g/mol.